The van der Waals surface area contributed by atoms with E-state index >= 15 is 0 Å². The van der Waals surface area contributed by atoms with Gasteiger partial charge in [0.25, 0.3) is 0 Å². The second-order valence-corrected chi connectivity index (χ2v) is 0. The molecule has 0 fully saturated rings. The first-order valence-electron chi connectivity index (χ1n) is 0. The minimum absolute atomic E-state index is 0. The molecule has 0 rings (SSSR count). The van der Waals surface area contributed by atoms with Crippen molar-refractivity contribution in [2.75, 3.05) is 0 Å². The van der Waals surface area contributed by atoms with Crippen molar-refractivity contribution < 1.29 is 77.3 Å². The van der Waals surface area contributed by atoms with Gasteiger partial charge < -0.3 is 38.3 Å². The Hall–Kier alpha value is 4.24. The van der Waals surface area contributed by atoms with E-state index in [1.54, 1.807) is 0 Å². The van der Waals surface area contributed by atoms with Crippen LogP contribution in [-0.2, 0) is 77.3 Å². The maximum Gasteiger partial charge on any atom is 3.00 e. The summed E-state index contributed by atoms with van der Waals surface area (Å²) in [6.45, 7) is 0. The van der Waals surface area contributed by atoms with Gasteiger partial charge in [0.15, 0.2) is 0 Å². The van der Waals surface area contributed by atoms with Crippen LogP contribution in [0.1, 0.15) is 0 Å². The van der Waals surface area contributed by atoms with E-state index in [4.69, 9.17) is 0 Å². The van der Waals surface area contributed by atoms with Crippen molar-refractivity contribution in [2.24, 2.45) is 0 Å². The van der Waals surface area contributed by atoms with Crippen LogP contribution in [0.3, 0.4) is 0 Å². The van der Waals surface area contributed by atoms with E-state index in [1.165, 1.54) is 0 Å². The average molecular weight is 521 g/mol. The predicted octanol–water partition coefficient (Wildman–Crippen LogP) is -2.36. The molecule has 0 saturated heterocycles. The Balaban J connectivity index is 0. The van der Waals surface area contributed by atoms with Crippen molar-refractivity contribution in [1.82, 2.24) is 0 Å². The number of hydrogen-bond acceptors (Lipinski definition) is 0. The molecule has 13 heavy (non-hydrogen) atoms. The van der Waals surface area contributed by atoms with E-state index in [1.807, 2.05) is 0 Å². The third-order valence-corrected chi connectivity index (χ3v) is 0. The fourth-order valence-electron chi connectivity index (χ4n) is 0. The Morgan fingerprint density at radius 3 is 0.308 bits per heavy atom. The van der Waals surface area contributed by atoms with Gasteiger partial charge in [0.2, 0.25) is 0 Å². The van der Waals surface area contributed by atoms with Gasteiger partial charge in [0.1, 0.15) is 0 Å². The van der Waals surface area contributed by atoms with Crippen LogP contribution in [0.2, 0.25) is 0 Å². The van der Waals surface area contributed by atoms with E-state index < -0.39 is 0 Å². The van der Waals surface area contributed by atoms with Crippen molar-refractivity contribution in [3.05, 3.63) is 0 Å². The van der Waals surface area contributed by atoms with Crippen molar-refractivity contribution in [3.8, 4) is 0 Å². The minimum Gasteiger partial charge on any atom is -2.00 e. The molecule has 0 aliphatic carbocycles. The molecule has 0 radical (unpaired) electrons. The molecule has 0 aromatic carbocycles. The summed E-state index contributed by atoms with van der Waals surface area (Å²) < 4.78 is 0. The molecule has 0 atom stereocenters. The number of hydrogen-bond donors (Lipinski definition) is 0. The van der Waals surface area contributed by atoms with Gasteiger partial charge in [-0.15, -0.1) is 0 Å². The molecule has 56 valence electrons. The van der Waals surface area contributed by atoms with E-state index in [-0.39, 0.29) is 175 Å². The summed E-state index contributed by atoms with van der Waals surface area (Å²) in [7, 11) is 0. The van der Waals surface area contributed by atoms with Gasteiger partial charge >= 0.3 is 137 Å². The first-order valence-corrected chi connectivity index (χ1v) is 0. The van der Waals surface area contributed by atoms with Crippen LogP contribution in [0.4, 0.5) is 0 Å². The van der Waals surface area contributed by atoms with Crippen LogP contribution in [0.15, 0.2) is 0 Å². The zero-order valence-corrected chi connectivity index (χ0v) is 22.2. The predicted molar refractivity (Wildman–Crippen MR) is 27.8 cm³/mol. The molecule has 0 bridgehead atoms. The molecule has 0 heterocycles. The quantitative estimate of drug-likeness (QED) is 0.308. The standard InChI is InChI=1S/2In.2Mg.7O.2Zn/q2*+3;2*+2;7*-2;2*+2. The normalized spacial score (nSPS) is 0. The Bertz CT molecular complexity index is 22.5. The third-order valence-electron chi connectivity index (χ3n) is 0. The summed E-state index contributed by atoms with van der Waals surface area (Å²) in [5.74, 6) is 0. The van der Waals surface area contributed by atoms with Gasteiger partial charge in [-0.1, -0.05) is 0 Å². The van der Waals surface area contributed by atoms with Crippen molar-refractivity contribution in [3.63, 3.8) is 0 Å². The molecule has 0 aromatic rings. The summed E-state index contributed by atoms with van der Waals surface area (Å²) >= 11 is 0. The van der Waals surface area contributed by atoms with Gasteiger partial charge in [-0.2, -0.15) is 0 Å². The van der Waals surface area contributed by atoms with E-state index in [0.29, 0.717) is 0 Å². The van der Waals surface area contributed by atoms with Crippen molar-refractivity contribution in [1.29, 1.82) is 0 Å². The first kappa shape index (κ1) is 253. The maximum atomic E-state index is 0. The molecule has 0 spiro atoms. The summed E-state index contributed by atoms with van der Waals surface area (Å²) in [4.78, 5) is 0. The van der Waals surface area contributed by atoms with Crippen LogP contribution < -0.4 is 0 Å². The second-order valence-electron chi connectivity index (χ2n) is 0. The Morgan fingerprint density at radius 1 is 0.308 bits per heavy atom. The van der Waals surface area contributed by atoms with Crippen LogP contribution >= 0.6 is 0 Å². The molecule has 0 amide bonds. The largest absolute Gasteiger partial charge is 3.00 e. The summed E-state index contributed by atoms with van der Waals surface area (Å²) in [5.41, 5.74) is 0. The van der Waals surface area contributed by atoms with Crippen molar-refractivity contribution in [2.45, 2.75) is 0 Å². The van der Waals surface area contributed by atoms with Gasteiger partial charge in [-0.3, -0.25) is 0 Å². The van der Waals surface area contributed by atoms with Gasteiger partial charge in [-0.25, -0.2) is 0 Å². The smallest absolute Gasteiger partial charge is 2.00 e. The van der Waals surface area contributed by atoms with E-state index in [0.717, 1.165) is 0 Å². The molecule has 0 N–H and O–H groups in total. The second kappa shape index (κ2) is 210. The monoisotopic (exact) mass is 518 g/mol. The van der Waals surface area contributed by atoms with Crippen LogP contribution in [-0.4, -0.2) is 97.8 Å². The molecule has 0 aliphatic rings. The average Bonchev–Trinajstić information content (AvgIpc) is 0. The molecule has 0 unspecified atom stereocenters. The molecular formula is In2Mg2O7Zn2. The summed E-state index contributed by atoms with van der Waals surface area (Å²) in [6, 6.07) is 0. The van der Waals surface area contributed by atoms with Gasteiger partial charge in [-0.05, 0) is 0 Å². The van der Waals surface area contributed by atoms with Crippen LogP contribution in [0.5, 0.6) is 0 Å². The topological polar surface area (TPSA) is 200 Å². The Morgan fingerprint density at radius 2 is 0.308 bits per heavy atom. The van der Waals surface area contributed by atoms with E-state index in [2.05, 4.69) is 0 Å². The zero-order valence-electron chi connectivity index (χ0n) is 6.84. The fourth-order valence-corrected chi connectivity index (χ4v) is 0. The molecule has 0 aliphatic heterocycles. The molecule has 0 saturated carbocycles. The van der Waals surface area contributed by atoms with Crippen LogP contribution in [0.25, 0.3) is 0 Å². The first-order chi connectivity index (χ1) is 0. The SMILES string of the molecule is [In+3].[In+3].[Mg+2].[Mg+2].[O-2].[O-2].[O-2].[O-2].[O-2].[O-2].[O-2].[Zn+2].[Zn+2]. The van der Waals surface area contributed by atoms with E-state index in [9.17, 15) is 0 Å². The molecular weight excluding hydrogens is 521 g/mol. The maximum absolute atomic E-state index is 0. The zero-order chi connectivity index (χ0) is 0. The Labute approximate surface area is 172 Å². The molecule has 0 aromatic heterocycles. The molecule has 13 heteroatoms. The summed E-state index contributed by atoms with van der Waals surface area (Å²) in [6.07, 6.45) is 0. The minimum atomic E-state index is 0. The van der Waals surface area contributed by atoms with Gasteiger partial charge in [0, 0.05) is 0 Å². The number of rotatable bonds is 0. The summed E-state index contributed by atoms with van der Waals surface area (Å²) in [5, 5.41) is 0. The fraction of sp³-hybridized carbons (Fsp3) is 0. The van der Waals surface area contributed by atoms with Crippen LogP contribution in [0, 0.1) is 0 Å². The van der Waals surface area contributed by atoms with Crippen molar-refractivity contribution >= 4 is 97.8 Å². The molecule has 7 nitrogen and oxygen atoms in total. The van der Waals surface area contributed by atoms with Gasteiger partial charge in [0.05, 0.1) is 0 Å². The third kappa shape index (κ3) is 183. The Kier molecular flexibility index (Phi) is 4080.